The Labute approximate surface area is 138 Å². The van der Waals surface area contributed by atoms with Crippen LogP contribution in [-0.4, -0.2) is 7.11 Å². The van der Waals surface area contributed by atoms with E-state index >= 15 is 0 Å². The van der Waals surface area contributed by atoms with E-state index in [9.17, 15) is 0 Å². The van der Waals surface area contributed by atoms with E-state index in [1.807, 2.05) is 37.3 Å². The average Bonchev–Trinajstić information content (AvgIpc) is 2.43. The fourth-order valence-electron chi connectivity index (χ4n) is 2.31. The number of hydrazine groups is 1. The van der Waals surface area contributed by atoms with Crippen molar-refractivity contribution in [2.24, 2.45) is 5.84 Å². The molecule has 5 heteroatoms. The molecule has 2 aromatic rings. The first-order valence-electron chi connectivity index (χ1n) is 6.59. The molecule has 1 unspecified atom stereocenters. The van der Waals surface area contributed by atoms with Crippen LogP contribution in [0.3, 0.4) is 0 Å². The Hall–Kier alpha value is -1.07. The topological polar surface area (TPSA) is 47.3 Å². The number of halogens is 2. The van der Waals surface area contributed by atoms with Gasteiger partial charge in [0.05, 0.1) is 17.6 Å². The highest BCUT2D eigenvalue weighted by molar-refractivity contribution is 9.10. The molecule has 0 aliphatic rings. The van der Waals surface area contributed by atoms with E-state index in [0.717, 1.165) is 38.4 Å². The number of benzene rings is 2. The summed E-state index contributed by atoms with van der Waals surface area (Å²) in [6, 6.07) is 12.0. The van der Waals surface area contributed by atoms with Crippen LogP contribution in [0.15, 0.2) is 40.9 Å². The van der Waals surface area contributed by atoms with E-state index in [1.165, 1.54) is 0 Å². The number of hydrogen-bond donors (Lipinski definition) is 2. The van der Waals surface area contributed by atoms with Gasteiger partial charge in [0, 0.05) is 5.02 Å². The summed E-state index contributed by atoms with van der Waals surface area (Å²) in [6.45, 7) is 2.02. The lowest BCUT2D eigenvalue weighted by Gasteiger charge is -2.18. The Balaban J connectivity index is 2.24. The number of ether oxygens (including phenoxy) is 1. The van der Waals surface area contributed by atoms with Crippen molar-refractivity contribution in [3.05, 3.63) is 62.6 Å². The molecule has 0 aromatic heterocycles. The van der Waals surface area contributed by atoms with Gasteiger partial charge in [-0.25, -0.2) is 0 Å². The quantitative estimate of drug-likeness (QED) is 0.614. The zero-order chi connectivity index (χ0) is 15.4. The van der Waals surface area contributed by atoms with Crippen LogP contribution in [0.1, 0.15) is 22.7 Å². The minimum absolute atomic E-state index is 0.00250. The van der Waals surface area contributed by atoms with Gasteiger partial charge in [0.15, 0.2) is 0 Å². The smallest absolute Gasteiger partial charge is 0.133 e. The molecule has 0 radical (unpaired) electrons. The van der Waals surface area contributed by atoms with Crippen LogP contribution >= 0.6 is 27.5 Å². The standard InChI is InChI=1S/C16H18BrClN2O/c1-10-5-12(9-13(18)6-10)15(20-19)8-11-3-4-16(21-2)14(17)7-11/h3-7,9,15,20H,8,19H2,1-2H3. The molecular formula is C16H18BrClN2O. The van der Waals surface area contributed by atoms with Crippen LogP contribution in [0.5, 0.6) is 5.75 Å². The second kappa shape index (κ2) is 7.27. The van der Waals surface area contributed by atoms with E-state index in [-0.39, 0.29) is 6.04 Å². The van der Waals surface area contributed by atoms with Gasteiger partial charge in [-0.3, -0.25) is 11.3 Å². The summed E-state index contributed by atoms with van der Waals surface area (Å²) in [5.41, 5.74) is 6.22. The molecule has 0 heterocycles. The summed E-state index contributed by atoms with van der Waals surface area (Å²) in [7, 11) is 1.65. The minimum atomic E-state index is 0.00250. The molecule has 0 bridgehead atoms. The molecule has 0 fully saturated rings. The molecule has 112 valence electrons. The highest BCUT2D eigenvalue weighted by atomic mass is 79.9. The van der Waals surface area contributed by atoms with Crippen LogP contribution in [0.4, 0.5) is 0 Å². The molecule has 0 amide bonds. The third kappa shape index (κ3) is 4.20. The van der Waals surface area contributed by atoms with E-state index in [4.69, 9.17) is 22.2 Å². The molecular weight excluding hydrogens is 352 g/mol. The van der Waals surface area contributed by atoms with Crippen molar-refractivity contribution in [1.82, 2.24) is 5.43 Å². The molecule has 0 spiro atoms. The van der Waals surface area contributed by atoms with Gasteiger partial charge >= 0.3 is 0 Å². The molecule has 0 saturated heterocycles. The number of hydrogen-bond acceptors (Lipinski definition) is 3. The van der Waals surface area contributed by atoms with E-state index < -0.39 is 0 Å². The SMILES string of the molecule is COc1ccc(CC(NN)c2cc(C)cc(Cl)c2)cc1Br. The van der Waals surface area contributed by atoms with Gasteiger partial charge in [-0.05, 0) is 70.2 Å². The number of aryl methyl sites for hydroxylation is 1. The molecule has 21 heavy (non-hydrogen) atoms. The highest BCUT2D eigenvalue weighted by Gasteiger charge is 2.13. The number of methoxy groups -OCH3 is 1. The maximum absolute atomic E-state index is 6.13. The first kappa shape index (κ1) is 16.3. The number of nitrogens with one attached hydrogen (secondary N) is 1. The molecule has 0 aliphatic carbocycles. The summed E-state index contributed by atoms with van der Waals surface area (Å²) in [5.74, 6) is 6.53. The fraction of sp³-hybridized carbons (Fsp3) is 0.250. The molecule has 3 nitrogen and oxygen atoms in total. The first-order chi connectivity index (χ1) is 10.0. The van der Waals surface area contributed by atoms with Gasteiger partial charge in [-0.2, -0.15) is 0 Å². The van der Waals surface area contributed by atoms with Gasteiger partial charge in [0.2, 0.25) is 0 Å². The van der Waals surface area contributed by atoms with Gasteiger partial charge < -0.3 is 4.74 Å². The molecule has 2 aromatic carbocycles. The van der Waals surface area contributed by atoms with Crippen LogP contribution < -0.4 is 16.0 Å². The van der Waals surface area contributed by atoms with Crippen molar-refractivity contribution in [2.45, 2.75) is 19.4 Å². The Bertz CT molecular complexity index is 613. The predicted octanol–water partition coefficient (Wildman–Crippen LogP) is 4.17. The van der Waals surface area contributed by atoms with Crippen molar-refractivity contribution >= 4 is 27.5 Å². The summed E-state index contributed by atoms with van der Waals surface area (Å²) < 4.78 is 6.17. The normalized spacial score (nSPS) is 12.2. The molecule has 3 N–H and O–H groups in total. The van der Waals surface area contributed by atoms with Crippen LogP contribution in [0, 0.1) is 6.92 Å². The average molecular weight is 370 g/mol. The monoisotopic (exact) mass is 368 g/mol. The highest BCUT2D eigenvalue weighted by Crippen LogP contribution is 2.28. The zero-order valence-electron chi connectivity index (χ0n) is 12.0. The summed E-state index contributed by atoms with van der Waals surface area (Å²) >= 11 is 9.63. The summed E-state index contributed by atoms with van der Waals surface area (Å²) in [5, 5.41) is 0.723. The van der Waals surface area contributed by atoms with Crippen molar-refractivity contribution in [1.29, 1.82) is 0 Å². The van der Waals surface area contributed by atoms with E-state index in [2.05, 4.69) is 27.4 Å². The lowest BCUT2D eigenvalue weighted by molar-refractivity contribution is 0.412. The second-order valence-electron chi connectivity index (χ2n) is 4.95. The van der Waals surface area contributed by atoms with Crippen LogP contribution in [0.2, 0.25) is 5.02 Å². The van der Waals surface area contributed by atoms with Gasteiger partial charge in [0.25, 0.3) is 0 Å². The Morgan fingerprint density at radius 1 is 1.29 bits per heavy atom. The fourth-order valence-corrected chi connectivity index (χ4v) is 3.20. The lowest BCUT2D eigenvalue weighted by Crippen LogP contribution is -2.29. The lowest BCUT2D eigenvalue weighted by atomic mass is 9.98. The van der Waals surface area contributed by atoms with Crippen molar-refractivity contribution < 1.29 is 4.74 Å². The minimum Gasteiger partial charge on any atom is -0.496 e. The van der Waals surface area contributed by atoms with Gasteiger partial charge in [-0.15, -0.1) is 0 Å². The maximum Gasteiger partial charge on any atom is 0.133 e. The molecule has 0 saturated carbocycles. The van der Waals surface area contributed by atoms with Crippen LogP contribution in [-0.2, 0) is 6.42 Å². The van der Waals surface area contributed by atoms with Gasteiger partial charge in [-0.1, -0.05) is 23.7 Å². The molecule has 1 atom stereocenters. The van der Waals surface area contributed by atoms with Crippen molar-refractivity contribution in [3.63, 3.8) is 0 Å². The first-order valence-corrected chi connectivity index (χ1v) is 7.76. The Morgan fingerprint density at radius 2 is 2.05 bits per heavy atom. The Morgan fingerprint density at radius 3 is 2.62 bits per heavy atom. The molecule has 0 aliphatic heterocycles. The molecule has 2 rings (SSSR count). The second-order valence-corrected chi connectivity index (χ2v) is 6.24. The zero-order valence-corrected chi connectivity index (χ0v) is 14.3. The number of nitrogens with two attached hydrogens (primary N) is 1. The van der Waals surface area contributed by atoms with E-state index in [1.54, 1.807) is 7.11 Å². The Kier molecular flexibility index (Phi) is 5.65. The summed E-state index contributed by atoms with van der Waals surface area (Å²) in [6.07, 6.45) is 0.763. The van der Waals surface area contributed by atoms with Crippen molar-refractivity contribution in [3.8, 4) is 5.75 Å². The van der Waals surface area contributed by atoms with Crippen LogP contribution in [0.25, 0.3) is 0 Å². The third-order valence-electron chi connectivity index (χ3n) is 3.32. The van der Waals surface area contributed by atoms with E-state index in [0.29, 0.717) is 0 Å². The maximum atomic E-state index is 6.13. The number of rotatable bonds is 5. The van der Waals surface area contributed by atoms with Gasteiger partial charge in [0.1, 0.15) is 5.75 Å². The third-order valence-corrected chi connectivity index (χ3v) is 4.16. The largest absolute Gasteiger partial charge is 0.496 e. The predicted molar refractivity (Wildman–Crippen MR) is 90.7 cm³/mol. The van der Waals surface area contributed by atoms with Crippen molar-refractivity contribution in [2.75, 3.05) is 7.11 Å². The summed E-state index contributed by atoms with van der Waals surface area (Å²) in [4.78, 5) is 0.